The second-order valence-corrected chi connectivity index (χ2v) is 5.48. The maximum absolute atomic E-state index is 13.1. The average molecular weight is 322 g/mol. The average Bonchev–Trinajstić information content (AvgIpc) is 3.22. The molecule has 2 heterocycles. The fourth-order valence-electron chi connectivity index (χ4n) is 2.65. The van der Waals surface area contributed by atoms with Crippen molar-refractivity contribution in [3.8, 4) is 22.6 Å². The Morgan fingerprint density at radius 2 is 1.79 bits per heavy atom. The van der Waals surface area contributed by atoms with E-state index < -0.39 is 0 Å². The summed E-state index contributed by atoms with van der Waals surface area (Å²) < 4.78 is 13.1. The molecule has 0 unspecified atom stereocenters. The van der Waals surface area contributed by atoms with Crippen molar-refractivity contribution in [3.63, 3.8) is 0 Å². The summed E-state index contributed by atoms with van der Waals surface area (Å²) in [6, 6.07) is 12.2. The van der Waals surface area contributed by atoms with Crippen LogP contribution in [0.15, 0.2) is 42.5 Å². The third kappa shape index (κ3) is 2.55. The number of H-pyrrole nitrogens is 2. The predicted molar refractivity (Wildman–Crippen MR) is 89.6 cm³/mol. The molecule has 0 spiro atoms. The summed E-state index contributed by atoms with van der Waals surface area (Å²) >= 11 is 0. The Morgan fingerprint density at radius 1 is 1.00 bits per heavy atom. The van der Waals surface area contributed by atoms with E-state index in [1.165, 1.54) is 12.1 Å². The van der Waals surface area contributed by atoms with Gasteiger partial charge in [-0.05, 0) is 49.5 Å². The maximum atomic E-state index is 13.1. The Kier molecular flexibility index (Phi) is 3.55. The van der Waals surface area contributed by atoms with Crippen LogP contribution in [0, 0.1) is 5.82 Å². The molecule has 24 heavy (non-hydrogen) atoms. The van der Waals surface area contributed by atoms with Crippen molar-refractivity contribution in [1.82, 2.24) is 30.7 Å². The summed E-state index contributed by atoms with van der Waals surface area (Å²) in [5.41, 5.74) is 3.43. The first-order valence-electron chi connectivity index (χ1n) is 7.55. The van der Waals surface area contributed by atoms with Crippen molar-refractivity contribution in [3.05, 3.63) is 54.1 Å². The number of aromatic nitrogens is 5. The summed E-state index contributed by atoms with van der Waals surface area (Å²) in [4.78, 5) is 4.47. The summed E-state index contributed by atoms with van der Waals surface area (Å²) in [7, 11) is 1.86. The molecule has 4 aromatic rings. The number of nitrogens with zero attached hydrogens (tertiary/aromatic N) is 3. The molecule has 0 aliphatic rings. The lowest BCUT2D eigenvalue weighted by atomic mass is 10.1. The van der Waals surface area contributed by atoms with Crippen LogP contribution in [0.5, 0.6) is 0 Å². The monoisotopic (exact) mass is 322 g/mol. The fourth-order valence-corrected chi connectivity index (χ4v) is 2.65. The smallest absolute Gasteiger partial charge is 0.181 e. The number of rotatable bonds is 4. The van der Waals surface area contributed by atoms with Gasteiger partial charge in [-0.3, -0.25) is 10.2 Å². The Labute approximate surface area is 137 Å². The van der Waals surface area contributed by atoms with Gasteiger partial charge in [0.25, 0.3) is 0 Å². The fraction of sp³-hybridized carbons (Fsp3) is 0.118. The zero-order valence-corrected chi connectivity index (χ0v) is 13.0. The molecule has 7 heteroatoms. The molecule has 4 rings (SSSR count). The van der Waals surface area contributed by atoms with Crippen LogP contribution >= 0.6 is 0 Å². The molecule has 3 N–H and O–H groups in total. The lowest BCUT2D eigenvalue weighted by molar-refractivity contribution is 0.628. The van der Waals surface area contributed by atoms with E-state index in [4.69, 9.17) is 0 Å². The van der Waals surface area contributed by atoms with Crippen LogP contribution in [0.2, 0.25) is 0 Å². The van der Waals surface area contributed by atoms with Crippen molar-refractivity contribution >= 4 is 10.9 Å². The van der Waals surface area contributed by atoms with E-state index in [1.54, 1.807) is 12.1 Å². The third-order valence-corrected chi connectivity index (χ3v) is 3.81. The van der Waals surface area contributed by atoms with E-state index in [9.17, 15) is 4.39 Å². The maximum Gasteiger partial charge on any atom is 0.181 e. The molecule has 6 nitrogen and oxygen atoms in total. The van der Waals surface area contributed by atoms with Crippen LogP contribution in [0.25, 0.3) is 33.5 Å². The molecule has 0 bridgehead atoms. The van der Waals surface area contributed by atoms with E-state index in [0.29, 0.717) is 12.4 Å². The number of hydrogen-bond donors (Lipinski definition) is 3. The minimum absolute atomic E-state index is 0.267. The number of benzene rings is 2. The van der Waals surface area contributed by atoms with Crippen molar-refractivity contribution in [2.45, 2.75) is 6.54 Å². The van der Waals surface area contributed by atoms with Gasteiger partial charge in [0.1, 0.15) is 11.6 Å². The van der Waals surface area contributed by atoms with E-state index in [-0.39, 0.29) is 5.82 Å². The van der Waals surface area contributed by atoms with E-state index >= 15 is 0 Å². The van der Waals surface area contributed by atoms with Gasteiger partial charge < -0.3 is 5.32 Å². The molecule has 120 valence electrons. The SMILES string of the molecule is CNCc1nc(-c2ccc3[nH]nc(-c4ccc(F)cc4)c3c2)n[nH]1. The summed E-state index contributed by atoms with van der Waals surface area (Å²) in [6.45, 7) is 0.627. The summed E-state index contributed by atoms with van der Waals surface area (Å²) in [5.74, 6) is 1.14. The van der Waals surface area contributed by atoms with Gasteiger partial charge in [0.05, 0.1) is 17.8 Å². The van der Waals surface area contributed by atoms with Crippen LogP contribution in [0.4, 0.5) is 4.39 Å². The summed E-state index contributed by atoms with van der Waals surface area (Å²) in [5, 5.41) is 18.5. The number of aromatic amines is 2. The molecule has 0 aliphatic heterocycles. The topological polar surface area (TPSA) is 82.3 Å². The lowest BCUT2D eigenvalue weighted by Crippen LogP contribution is -2.06. The highest BCUT2D eigenvalue weighted by Crippen LogP contribution is 2.29. The Balaban J connectivity index is 1.79. The second kappa shape index (κ2) is 5.86. The van der Waals surface area contributed by atoms with E-state index in [0.717, 1.165) is 33.5 Å². The number of hydrogen-bond acceptors (Lipinski definition) is 4. The highest BCUT2D eigenvalue weighted by atomic mass is 19.1. The largest absolute Gasteiger partial charge is 0.313 e. The minimum atomic E-state index is -0.267. The standard InChI is InChI=1S/C17H15FN6/c1-19-9-15-20-17(24-22-15)11-4-7-14-13(8-11)16(23-21-14)10-2-5-12(18)6-3-10/h2-8,19H,9H2,1H3,(H,21,23)(H,20,22,24). The molecule has 0 radical (unpaired) electrons. The number of halogens is 1. The minimum Gasteiger partial charge on any atom is -0.313 e. The summed E-state index contributed by atoms with van der Waals surface area (Å²) in [6.07, 6.45) is 0. The van der Waals surface area contributed by atoms with Gasteiger partial charge in [0, 0.05) is 16.5 Å². The number of fused-ring (bicyclic) bond motifs is 1. The highest BCUT2D eigenvalue weighted by Gasteiger charge is 2.12. The molecule has 0 amide bonds. The van der Waals surface area contributed by atoms with E-state index in [1.807, 2.05) is 25.2 Å². The van der Waals surface area contributed by atoms with Gasteiger partial charge in [-0.1, -0.05) is 0 Å². The van der Waals surface area contributed by atoms with Gasteiger partial charge in [0.2, 0.25) is 0 Å². The van der Waals surface area contributed by atoms with Crippen LogP contribution in [0.1, 0.15) is 5.82 Å². The predicted octanol–water partition coefficient (Wildman–Crippen LogP) is 2.87. The van der Waals surface area contributed by atoms with Gasteiger partial charge in [-0.2, -0.15) is 10.2 Å². The quantitative estimate of drug-likeness (QED) is 0.539. The molecule has 0 fully saturated rings. The third-order valence-electron chi connectivity index (χ3n) is 3.81. The molecule has 2 aromatic heterocycles. The van der Waals surface area contributed by atoms with Gasteiger partial charge in [0.15, 0.2) is 5.82 Å². The molecule has 0 saturated heterocycles. The van der Waals surface area contributed by atoms with E-state index in [2.05, 4.69) is 30.7 Å². The molecular formula is C17H15FN6. The van der Waals surface area contributed by atoms with Crippen LogP contribution < -0.4 is 5.32 Å². The van der Waals surface area contributed by atoms with Crippen LogP contribution in [-0.2, 0) is 6.54 Å². The molecule has 0 aliphatic carbocycles. The van der Waals surface area contributed by atoms with Crippen molar-refractivity contribution < 1.29 is 4.39 Å². The Bertz CT molecular complexity index is 986. The molecule has 0 saturated carbocycles. The molecule has 2 aromatic carbocycles. The lowest BCUT2D eigenvalue weighted by Gasteiger charge is -2.00. The first kappa shape index (κ1) is 14.5. The second-order valence-electron chi connectivity index (χ2n) is 5.48. The first-order valence-corrected chi connectivity index (χ1v) is 7.55. The van der Waals surface area contributed by atoms with Crippen molar-refractivity contribution in [1.29, 1.82) is 0 Å². The van der Waals surface area contributed by atoms with Crippen LogP contribution in [0.3, 0.4) is 0 Å². The normalized spacial score (nSPS) is 11.2. The zero-order valence-electron chi connectivity index (χ0n) is 13.0. The Hall–Kier alpha value is -3.06. The van der Waals surface area contributed by atoms with Gasteiger partial charge in [-0.15, -0.1) is 0 Å². The highest BCUT2D eigenvalue weighted by molar-refractivity contribution is 5.95. The molecule has 0 atom stereocenters. The van der Waals surface area contributed by atoms with Gasteiger partial charge >= 0.3 is 0 Å². The van der Waals surface area contributed by atoms with Crippen LogP contribution in [-0.4, -0.2) is 32.4 Å². The van der Waals surface area contributed by atoms with Crippen molar-refractivity contribution in [2.75, 3.05) is 7.05 Å². The first-order chi connectivity index (χ1) is 11.7. The van der Waals surface area contributed by atoms with Gasteiger partial charge in [-0.25, -0.2) is 9.37 Å². The van der Waals surface area contributed by atoms with Crippen molar-refractivity contribution in [2.24, 2.45) is 0 Å². The zero-order chi connectivity index (χ0) is 16.5. The molecular weight excluding hydrogens is 307 g/mol. The Morgan fingerprint density at radius 3 is 2.58 bits per heavy atom. The number of nitrogens with one attached hydrogen (secondary N) is 3.